The molecule has 1 unspecified atom stereocenters. The zero-order valence-electron chi connectivity index (χ0n) is 4.97. The normalized spacial score (nSPS) is 10.3. The van der Waals surface area contributed by atoms with Gasteiger partial charge in [-0.3, -0.25) is 0 Å². The number of aliphatic hydroxyl groups is 1. The van der Waals surface area contributed by atoms with Gasteiger partial charge < -0.3 is 32.4 Å². The van der Waals surface area contributed by atoms with Crippen LogP contribution >= 0.6 is 0 Å². The first kappa shape index (κ1) is 17.8. The first-order chi connectivity index (χ1) is 4.04. The van der Waals surface area contributed by atoms with E-state index in [-0.39, 0.29) is 44.8 Å². The molecular weight excluding hydrogens is 360 g/mol. The summed E-state index contributed by atoms with van der Waals surface area (Å²) in [7, 11) is 0. The summed E-state index contributed by atoms with van der Waals surface area (Å²) in [4.78, 5) is 19.6. The van der Waals surface area contributed by atoms with E-state index in [0.29, 0.717) is 0 Å². The molecule has 1 N–H and O–H groups in total. The standard InChI is InChI=1S/C4H6O4S.2Ag/c5-2(4(7)8)1-3(6)9;;/h2,5H,1H2,(H,6,9)(H,7,8);;/q;2*+1/p-2. The van der Waals surface area contributed by atoms with Crippen LogP contribution in [0.4, 0.5) is 0 Å². The van der Waals surface area contributed by atoms with Crippen molar-refractivity contribution in [1.29, 1.82) is 0 Å². The van der Waals surface area contributed by atoms with Gasteiger partial charge in [-0.25, -0.2) is 0 Å². The van der Waals surface area contributed by atoms with Crippen molar-refractivity contribution in [2.24, 2.45) is 0 Å². The summed E-state index contributed by atoms with van der Waals surface area (Å²) in [5.74, 6) is -1.67. The summed E-state index contributed by atoms with van der Waals surface area (Å²) in [5, 5.41) is 17.2. The molecule has 0 amide bonds. The number of carboxylic acid groups (broad SMARTS) is 1. The smallest absolute Gasteiger partial charge is 0.742 e. The third-order valence-electron chi connectivity index (χ3n) is 0.632. The number of carboxylic acids is 1. The molecule has 0 saturated heterocycles. The predicted molar refractivity (Wildman–Crippen MR) is 28.0 cm³/mol. The molecule has 1 atom stereocenters. The number of hydrogen-bond acceptors (Lipinski definition) is 5. The Morgan fingerprint density at radius 1 is 1.45 bits per heavy atom. The van der Waals surface area contributed by atoms with Gasteiger partial charge in [-0.15, -0.1) is 0 Å². The van der Waals surface area contributed by atoms with Crippen LogP contribution in [0.3, 0.4) is 0 Å². The van der Waals surface area contributed by atoms with Gasteiger partial charge in [-0.05, 0) is 0 Å². The zero-order chi connectivity index (χ0) is 7.44. The molecule has 4 nitrogen and oxygen atoms in total. The van der Waals surface area contributed by atoms with Crippen LogP contribution < -0.4 is 5.11 Å². The maximum atomic E-state index is 9.92. The maximum Gasteiger partial charge on any atom is 1.00 e. The van der Waals surface area contributed by atoms with E-state index in [2.05, 4.69) is 12.6 Å². The summed E-state index contributed by atoms with van der Waals surface area (Å²) in [5.41, 5.74) is 0. The second kappa shape index (κ2) is 8.89. The van der Waals surface area contributed by atoms with Gasteiger partial charge in [0.15, 0.2) is 0 Å². The van der Waals surface area contributed by atoms with E-state index in [4.69, 9.17) is 5.11 Å². The molecular formula is C4H4Ag2O4S. The SMILES string of the molecule is O=C([S-])CC(O)C(=O)[O-].[Ag+].[Ag+]. The molecule has 7 heteroatoms. The quantitative estimate of drug-likeness (QED) is 0.445. The molecule has 0 aliphatic carbocycles. The Labute approximate surface area is 100 Å². The molecule has 0 heterocycles. The number of hydrogen-bond donors (Lipinski definition) is 1. The summed E-state index contributed by atoms with van der Waals surface area (Å²) in [6.45, 7) is 0. The number of aliphatic carboxylic acids is 1. The van der Waals surface area contributed by atoms with Crippen LogP contribution in [0.2, 0.25) is 0 Å². The fourth-order valence-corrected chi connectivity index (χ4v) is 0.399. The minimum atomic E-state index is -1.75. The van der Waals surface area contributed by atoms with Crippen LogP contribution in [0.25, 0.3) is 0 Å². The minimum Gasteiger partial charge on any atom is -0.742 e. The van der Waals surface area contributed by atoms with Crippen molar-refractivity contribution in [3.63, 3.8) is 0 Å². The molecule has 0 rings (SSSR count). The van der Waals surface area contributed by atoms with Gasteiger partial charge in [0.2, 0.25) is 0 Å². The van der Waals surface area contributed by atoms with Crippen molar-refractivity contribution in [2.75, 3.05) is 0 Å². The summed E-state index contributed by atoms with van der Waals surface area (Å²) in [6, 6.07) is 0. The van der Waals surface area contributed by atoms with Crippen LogP contribution in [-0.2, 0) is 67.0 Å². The molecule has 0 spiro atoms. The molecule has 0 aromatic rings. The predicted octanol–water partition coefficient (Wildman–Crippen LogP) is -2.44. The van der Waals surface area contributed by atoms with Crippen molar-refractivity contribution in [3.05, 3.63) is 0 Å². The second-order valence-corrected chi connectivity index (χ2v) is 1.87. The van der Waals surface area contributed by atoms with E-state index >= 15 is 0 Å². The first-order valence-electron chi connectivity index (χ1n) is 2.13. The van der Waals surface area contributed by atoms with Gasteiger partial charge in [-0.2, -0.15) is 0 Å². The zero-order valence-corrected chi connectivity index (χ0v) is 8.75. The molecule has 11 heavy (non-hydrogen) atoms. The second-order valence-electron chi connectivity index (χ2n) is 1.41. The molecule has 0 saturated carbocycles. The Hall–Kier alpha value is 0.801. The Morgan fingerprint density at radius 2 is 1.82 bits per heavy atom. The fourth-order valence-electron chi connectivity index (χ4n) is 0.241. The van der Waals surface area contributed by atoms with Gasteiger partial charge in [0.1, 0.15) is 0 Å². The Balaban J connectivity index is -0.000000320. The Morgan fingerprint density at radius 3 is 1.91 bits per heavy atom. The summed E-state index contributed by atoms with van der Waals surface area (Å²) >= 11 is 3.98. The van der Waals surface area contributed by atoms with Gasteiger partial charge in [0, 0.05) is 11.5 Å². The van der Waals surface area contributed by atoms with E-state index in [1.54, 1.807) is 0 Å². The van der Waals surface area contributed by atoms with Crippen molar-refractivity contribution in [3.8, 4) is 0 Å². The molecule has 0 aliphatic heterocycles. The maximum absolute atomic E-state index is 9.92. The van der Waals surface area contributed by atoms with Crippen molar-refractivity contribution < 1.29 is 64.6 Å². The van der Waals surface area contributed by atoms with E-state index in [1.165, 1.54) is 0 Å². The largest absolute Gasteiger partial charge is 1.00 e. The van der Waals surface area contributed by atoms with Crippen molar-refractivity contribution >= 4 is 23.7 Å². The van der Waals surface area contributed by atoms with Crippen LogP contribution in [0.5, 0.6) is 0 Å². The van der Waals surface area contributed by atoms with Crippen LogP contribution in [-0.4, -0.2) is 22.3 Å². The minimum absolute atomic E-state index is 0. The van der Waals surface area contributed by atoms with E-state index in [1.807, 2.05) is 0 Å². The van der Waals surface area contributed by atoms with E-state index < -0.39 is 23.6 Å². The van der Waals surface area contributed by atoms with Crippen LogP contribution in [0.15, 0.2) is 0 Å². The average Bonchev–Trinajstić information content (AvgIpc) is 1.63. The summed E-state index contributed by atoms with van der Waals surface area (Å²) in [6.07, 6.45) is -2.31. The molecule has 0 aromatic carbocycles. The number of rotatable bonds is 3. The molecule has 0 radical (unpaired) electrons. The van der Waals surface area contributed by atoms with Crippen molar-refractivity contribution in [2.45, 2.75) is 12.5 Å². The molecule has 72 valence electrons. The summed E-state index contributed by atoms with van der Waals surface area (Å²) < 4.78 is 0. The molecule has 0 bridgehead atoms. The van der Waals surface area contributed by atoms with E-state index in [0.717, 1.165) is 0 Å². The molecule has 0 aromatic heterocycles. The first-order valence-corrected chi connectivity index (χ1v) is 2.53. The van der Waals surface area contributed by atoms with Gasteiger partial charge in [0.05, 0.1) is 12.1 Å². The monoisotopic (exact) mass is 362 g/mol. The van der Waals surface area contributed by atoms with Gasteiger partial charge in [0.25, 0.3) is 0 Å². The number of aliphatic hydroxyl groups excluding tert-OH is 1. The fraction of sp³-hybridized carbons (Fsp3) is 0.500. The Bertz CT molecular complexity index is 140. The van der Waals surface area contributed by atoms with E-state index in [9.17, 15) is 14.7 Å². The van der Waals surface area contributed by atoms with Gasteiger partial charge in [-0.1, -0.05) is 0 Å². The number of carbonyl (C=O) groups is 2. The third-order valence-corrected chi connectivity index (χ3v) is 0.799. The third kappa shape index (κ3) is 10.8. The number of carbonyl (C=O) groups excluding carboxylic acids is 2. The molecule has 0 aliphatic rings. The van der Waals surface area contributed by atoms with Crippen LogP contribution in [0, 0.1) is 0 Å². The average molecular weight is 364 g/mol. The van der Waals surface area contributed by atoms with Crippen molar-refractivity contribution in [1.82, 2.24) is 0 Å². The topological polar surface area (TPSA) is 77.4 Å². The Kier molecular flexibility index (Phi) is 14.4. The molecule has 0 fully saturated rings. The van der Waals surface area contributed by atoms with Gasteiger partial charge >= 0.3 is 44.8 Å². The van der Waals surface area contributed by atoms with Crippen LogP contribution in [0.1, 0.15) is 6.42 Å².